The smallest absolute Gasteiger partial charge is 0.335 e. The lowest BCUT2D eigenvalue weighted by molar-refractivity contribution is 0.0696. The molecule has 0 saturated carbocycles. The van der Waals surface area contributed by atoms with E-state index in [9.17, 15) is 17.6 Å². The Balaban J connectivity index is 2.21. The highest BCUT2D eigenvalue weighted by atomic mass is 79.9. The van der Waals surface area contributed by atoms with E-state index in [1.165, 1.54) is 11.3 Å². The second kappa shape index (κ2) is 6.22. The largest absolute Gasteiger partial charge is 0.478 e. The van der Waals surface area contributed by atoms with Crippen LogP contribution in [0, 0.1) is 5.82 Å². The molecular formula is C12H9BrFNO4S2. The molecule has 1 aromatic carbocycles. The zero-order valence-corrected chi connectivity index (χ0v) is 13.6. The highest BCUT2D eigenvalue weighted by Gasteiger charge is 2.20. The van der Waals surface area contributed by atoms with Gasteiger partial charge in [0.25, 0.3) is 0 Å². The Kier molecular flexibility index (Phi) is 4.77. The number of benzene rings is 1. The average molecular weight is 394 g/mol. The number of aromatic carboxylic acids is 1. The predicted molar refractivity (Wildman–Crippen MR) is 79.4 cm³/mol. The van der Waals surface area contributed by atoms with E-state index in [0.717, 1.165) is 20.8 Å². The van der Waals surface area contributed by atoms with Crippen LogP contribution in [0.3, 0.4) is 0 Å². The maximum Gasteiger partial charge on any atom is 0.335 e. The lowest BCUT2D eigenvalue weighted by Gasteiger charge is -2.07. The normalized spacial score (nSPS) is 11.5. The minimum Gasteiger partial charge on any atom is -0.478 e. The zero-order chi connectivity index (χ0) is 15.6. The van der Waals surface area contributed by atoms with Crippen molar-refractivity contribution in [3.63, 3.8) is 0 Å². The van der Waals surface area contributed by atoms with Crippen LogP contribution in [0.4, 0.5) is 4.39 Å². The molecule has 0 spiro atoms. The van der Waals surface area contributed by atoms with E-state index in [1.54, 1.807) is 12.1 Å². The van der Waals surface area contributed by atoms with Crippen LogP contribution in [0.25, 0.3) is 0 Å². The minimum atomic E-state index is -4.05. The van der Waals surface area contributed by atoms with E-state index >= 15 is 0 Å². The van der Waals surface area contributed by atoms with Gasteiger partial charge in [-0.05, 0) is 46.3 Å². The van der Waals surface area contributed by atoms with E-state index < -0.39 is 26.7 Å². The van der Waals surface area contributed by atoms with Crippen molar-refractivity contribution in [2.75, 3.05) is 0 Å². The van der Waals surface area contributed by atoms with Crippen molar-refractivity contribution in [2.45, 2.75) is 11.4 Å². The number of hydrogen-bond donors (Lipinski definition) is 2. The third-order valence-corrected chi connectivity index (χ3v) is 5.59. The molecule has 0 radical (unpaired) electrons. The SMILES string of the molecule is O=C(O)c1ccc(S(=O)(=O)NCc2ccc(Br)s2)c(F)c1. The number of hydrogen-bond acceptors (Lipinski definition) is 4. The molecule has 0 saturated heterocycles. The Morgan fingerprint density at radius 2 is 2.05 bits per heavy atom. The van der Waals surface area contributed by atoms with Crippen LogP contribution < -0.4 is 4.72 Å². The van der Waals surface area contributed by atoms with Gasteiger partial charge in [-0.1, -0.05) is 0 Å². The summed E-state index contributed by atoms with van der Waals surface area (Å²) in [5, 5.41) is 8.72. The fraction of sp³-hybridized carbons (Fsp3) is 0.0833. The summed E-state index contributed by atoms with van der Waals surface area (Å²) in [4.78, 5) is 10.9. The van der Waals surface area contributed by atoms with Gasteiger partial charge in [0.05, 0.1) is 9.35 Å². The number of carboxylic acids is 1. The van der Waals surface area contributed by atoms with Gasteiger partial charge in [0.15, 0.2) is 0 Å². The van der Waals surface area contributed by atoms with Gasteiger partial charge < -0.3 is 5.11 Å². The standard InChI is InChI=1S/C12H9BrFNO4S2/c13-11-4-2-8(20-11)6-15-21(18,19)10-3-1-7(12(16)17)5-9(10)14/h1-5,15H,6H2,(H,16,17). The first-order chi connectivity index (χ1) is 9.79. The lowest BCUT2D eigenvalue weighted by Crippen LogP contribution is -2.24. The second-order valence-electron chi connectivity index (χ2n) is 3.98. The van der Waals surface area contributed by atoms with Crippen molar-refractivity contribution in [2.24, 2.45) is 0 Å². The molecule has 9 heteroatoms. The number of carboxylic acid groups (broad SMARTS) is 1. The summed E-state index contributed by atoms with van der Waals surface area (Å²) in [6.07, 6.45) is 0. The Hall–Kier alpha value is -1.29. The van der Waals surface area contributed by atoms with Crippen LogP contribution in [0.15, 0.2) is 39.0 Å². The molecule has 1 aromatic heterocycles. The van der Waals surface area contributed by atoms with Gasteiger partial charge in [-0.2, -0.15) is 0 Å². The highest BCUT2D eigenvalue weighted by Crippen LogP contribution is 2.23. The third kappa shape index (κ3) is 3.88. The molecule has 0 amide bonds. The van der Waals surface area contributed by atoms with Gasteiger partial charge in [-0.15, -0.1) is 11.3 Å². The summed E-state index contributed by atoms with van der Waals surface area (Å²) in [6.45, 7) is 0.0265. The lowest BCUT2D eigenvalue weighted by atomic mass is 10.2. The number of carbonyl (C=O) groups is 1. The molecule has 112 valence electrons. The minimum absolute atomic E-state index is 0.0265. The molecule has 0 aliphatic heterocycles. The molecule has 0 aliphatic rings. The molecule has 0 unspecified atom stereocenters. The van der Waals surface area contributed by atoms with Crippen LogP contribution in [0.5, 0.6) is 0 Å². The van der Waals surface area contributed by atoms with Crippen molar-refractivity contribution in [3.05, 3.63) is 50.4 Å². The number of sulfonamides is 1. The fourth-order valence-electron chi connectivity index (χ4n) is 1.54. The number of halogens is 2. The second-order valence-corrected chi connectivity index (χ2v) is 8.26. The van der Waals surface area contributed by atoms with Crippen LogP contribution in [0.1, 0.15) is 15.2 Å². The van der Waals surface area contributed by atoms with Crippen LogP contribution >= 0.6 is 27.3 Å². The van der Waals surface area contributed by atoms with E-state index in [0.29, 0.717) is 6.07 Å². The van der Waals surface area contributed by atoms with Crippen LogP contribution in [-0.2, 0) is 16.6 Å². The van der Waals surface area contributed by atoms with Crippen molar-refractivity contribution >= 4 is 43.3 Å². The molecule has 2 rings (SSSR count). The maximum absolute atomic E-state index is 13.7. The summed E-state index contributed by atoms with van der Waals surface area (Å²) in [7, 11) is -4.05. The predicted octanol–water partition coefficient (Wildman–Crippen LogP) is 2.83. The van der Waals surface area contributed by atoms with Gasteiger partial charge >= 0.3 is 5.97 Å². The summed E-state index contributed by atoms with van der Waals surface area (Å²) < 4.78 is 40.9. The summed E-state index contributed by atoms with van der Waals surface area (Å²) in [5.41, 5.74) is -0.311. The average Bonchev–Trinajstić information content (AvgIpc) is 2.82. The third-order valence-electron chi connectivity index (χ3n) is 2.53. The molecule has 0 atom stereocenters. The van der Waals surface area contributed by atoms with Gasteiger partial charge in [0.1, 0.15) is 10.7 Å². The van der Waals surface area contributed by atoms with E-state index in [-0.39, 0.29) is 12.1 Å². The van der Waals surface area contributed by atoms with Crippen molar-refractivity contribution in [1.29, 1.82) is 0 Å². The van der Waals surface area contributed by atoms with E-state index in [4.69, 9.17) is 5.11 Å². The molecule has 5 nitrogen and oxygen atoms in total. The van der Waals surface area contributed by atoms with Gasteiger partial charge in [0.2, 0.25) is 10.0 Å². The molecule has 2 N–H and O–H groups in total. The zero-order valence-electron chi connectivity index (χ0n) is 10.3. The molecular weight excluding hydrogens is 385 g/mol. The first-order valence-electron chi connectivity index (χ1n) is 5.56. The Bertz CT molecular complexity index is 788. The van der Waals surface area contributed by atoms with Crippen molar-refractivity contribution < 1.29 is 22.7 Å². The Morgan fingerprint density at radius 3 is 2.57 bits per heavy atom. The molecule has 21 heavy (non-hydrogen) atoms. The molecule has 0 aliphatic carbocycles. The van der Waals surface area contributed by atoms with Crippen LogP contribution in [0.2, 0.25) is 0 Å². The molecule has 0 bridgehead atoms. The van der Waals surface area contributed by atoms with E-state index in [2.05, 4.69) is 20.7 Å². The summed E-state index contributed by atoms with van der Waals surface area (Å²) in [5.74, 6) is -2.43. The van der Waals surface area contributed by atoms with Crippen molar-refractivity contribution in [3.8, 4) is 0 Å². The van der Waals surface area contributed by atoms with Gasteiger partial charge in [0, 0.05) is 11.4 Å². The van der Waals surface area contributed by atoms with Crippen molar-refractivity contribution in [1.82, 2.24) is 4.72 Å². The first kappa shape index (κ1) is 16.1. The quantitative estimate of drug-likeness (QED) is 0.817. The van der Waals surface area contributed by atoms with Gasteiger partial charge in [-0.3, -0.25) is 0 Å². The molecule has 2 aromatic rings. The maximum atomic E-state index is 13.7. The number of thiophene rings is 1. The van der Waals surface area contributed by atoms with E-state index in [1.807, 2.05) is 0 Å². The topological polar surface area (TPSA) is 83.5 Å². The number of nitrogens with one attached hydrogen (secondary N) is 1. The fourth-order valence-corrected chi connectivity index (χ4v) is 4.12. The summed E-state index contributed by atoms with van der Waals surface area (Å²) in [6, 6.07) is 6.17. The molecule has 0 fully saturated rings. The highest BCUT2D eigenvalue weighted by molar-refractivity contribution is 9.11. The van der Waals surface area contributed by atoms with Gasteiger partial charge in [-0.25, -0.2) is 22.3 Å². The number of rotatable bonds is 5. The Morgan fingerprint density at radius 1 is 1.33 bits per heavy atom. The molecule has 1 heterocycles. The first-order valence-corrected chi connectivity index (χ1v) is 8.65. The Labute approximate surface area is 132 Å². The van der Waals surface area contributed by atoms with Crippen LogP contribution in [-0.4, -0.2) is 19.5 Å². The monoisotopic (exact) mass is 393 g/mol. The summed E-state index contributed by atoms with van der Waals surface area (Å²) >= 11 is 4.61.